The highest BCUT2D eigenvalue weighted by Crippen LogP contribution is 2.26. The quantitative estimate of drug-likeness (QED) is 0.286. The van der Waals surface area contributed by atoms with Crippen LogP contribution in [0.3, 0.4) is 0 Å². The van der Waals surface area contributed by atoms with Gasteiger partial charge in [-0.25, -0.2) is 4.79 Å². The molecule has 4 aromatic rings. The molecule has 0 radical (unpaired) electrons. The maximum absolute atomic E-state index is 13.7. The predicted octanol–water partition coefficient (Wildman–Crippen LogP) is 2.68. The average molecular weight is 563 g/mol. The van der Waals surface area contributed by atoms with Crippen molar-refractivity contribution in [2.45, 2.75) is 50.7 Å². The summed E-state index contributed by atoms with van der Waals surface area (Å²) in [6.07, 6.45) is 6.81. The van der Waals surface area contributed by atoms with E-state index in [1.165, 1.54) is 0 Å². The first-order chi connectivity index (χ1) is 17.2. The number of H-pyrrole nitrogens is 2. The van der Waals surface area contributed by atoms with Crippen molar-refractivity contribution >= 4 is 58.6 Å². The Morgan fingerprint density at radius 3 is 2.58 bits per heavy atom. The molecule has 5 N–H and O–H groups in total. The number of pyridine rings is 1. The molecule has 3 aromatic heterocycles. The molecule has 1 saturated heterocycles. The van der Waals surface area contributed by atoms with Crippen molar-refractivity contribution in [2.75, 3.05) is 13.1 Å². The Bertz CT molecular complexity index is 1480. The van der Waals surface area contributed by atoms with Crippen molar-refractivity contribution in [3.63, 3.8) is 0 Å². The van der Waals surface area contributed by atoms with E-state index in [2.05, 4.69) is 20.3 Å². The fraction of sp³-hybridized carbons (Fsp3) is 0.385. The van der Waals surface area contributed by atoms with Crippen molar-refractivity contribution in [3.8, 4) is 0 Å². The number of fused-ring (bicyclic) bond motifs is 2. The number of rotatable bonds is 6. The van der Waals surface area contributed by atoms with Gasteiger partial charge in [0.2, 0.25) is 11.8 Å². The highest BCUT2D eigenvalue weighted by Gasteiger charge is 2.33. The summed E-state index contributed by atoms with van der Waals surface area (Å²) in [5.41, 5.74) is 8.18. The van der Waals surface area contributed by atoms with E-state index in [0.29, 0.717) is 37.9 Å². The third-order valence-corrected chi connectivity index (χ3v) is 6.95. The number of nitrogens with one attached hydrogen (secondary N) is 3. The average Bonchev–Trinajstić information content (AvgIpc) is 3.42. The Labute approximate surface area is 232 Å². The van der Waals surface area contributed by atoms with Gasteiger partial charge in [-0.1, -0.05) is 18.2 Å². The van der Waals surface area contributed by atoms with Gasteiger partial charge in [-0.05, 0) is 44.4 Å². The Morgan fingerprint density at radius 2 is 1.87 bits per heavy atom. The van der Waals surface area contributed by atoms with Gasteiger partial charge in [0, 0.05) is 48.8 Å². The van der Waals surface area contributed by atoms with Crippen molar-refractivity contribution in [2.24, 2.45) is 5.73 Å². The number of halogens is 2. The van der Waals surface area contributed by atoms with Gasteiger partial charge in [-0.15, -0.1) is 24.8 Å². The van der Waals surface area contributed by atoms with E-state index in [-0.39, 0.29) is 48.4 Å². The Balaban J connectivity index is 0.00000200. The molecule has 4 heterocycles. The molecule has 0 bridgehead atoms. The molecule has 1 fully saturated rings. The van der Waals surface area contributed by atoms with Crippen LogP contribution in [0.1, 0.15) is 38.3 Å². The minimum atomic E-state index is -1.11. The molecule has 10 nitrogen and oxygen atoms in total. The Morgan fingerprint density at radius 1 is 1.16 bits per heavy atom. The molecule has 0 spiro atoms. The van der Waals surface area contributed by atoms with Gasteiger partial charge in [0.15, 0.2) is 0 Å². The number of nitrogens with two attached hydrogens (primary N) is 1. The monoisotopic (exact) mass is 561 g/mol. The summed E-state index contributed by atoms with van der Waals surface area (Å²) < 4.78 is 1.76. The lowest BCUT2D eigenvalue weighted by Crippen LogP contribution is -2.57. The van der Waals surface area contributed by atoms with Crippen LogP contribution in [0.2, 0.25) is 0 Å². The molecule has 0 aliphatic carbocycles. The lowest BCUT2D eigenvalue weighted by atomic mass is 9.99. The van der Waals surface area contributed by atoms with E-state index in [1.807, 2.05) is 36.5 Å². The van der Waals surface area contributed by atoms with E-state index in [4.69, 9.17) is 5.73 Å². The first-order valence-electron chi connectivity index (χ1n) is 12.2. The van der Waals surface area contributed by atoms with Gasteiger partial charge in [-0.2, -0.15) is 0 Å². The number of nitrogens with zero attached hydrogens (tertiary/aromatic N) is 3. The summed E-state index contributed by atoms with van der Waals surface area (Å²) in [4.78, 5) is 51.0. The number of para-hydroxylation sites is 1. The molecular formula is C26H33Cl2N7O3. The fourth-order valence-corrected chi connectivity index (χ4v) is 4.97. The van der Waals surface area contributed by atoms with Gasteiger partial charge in [0.05, 0.1) is 22.8 Å². The number of carbonyl (C=O) groups excluding carboxylic acids is 2. The number of amides is 2. The first-order valence-corrected chi connectivity index (χ1v) is 12.2. The summed E-state index contributed by atoms with van der Waals surface area (Å²) in [5, 5.41) is 3.91. The van der Waals surface area contributed by atoms with E-state index in [1.54, 1.807) is 35.7 Å². The van der Waals surface area contributed by atoms with E-state index < -0.39 is 11.6 Å². The lowest BCUT2D eigenvalue weighted by molar-refractivity contribution is -0.138. The number of likely N-dealkylation sites (tertiary alicyclic amines) is 1. The van der Waals surface area contributed by atoms with Crippen molar-refractivity contribution in [3.05, 3.63) is 65.0 Å². The van der Waals surface area contributed by atoms with Crippen LogP contribution in [0.15, 0.2) is 53.7 Å². The Kier molecular flexibility index (Phi) is 8.91. The summed E-state index contributed by atoms with van der Waals surface area (Å²) in [6.45, 7) is 4.21. The topological polar surface area (TPSA) is 142 Å². The van der Waals surface area contributed by atoms with Gasteiger partial charge in [0.1, 0.15) is 6.04 Å². The molecule has 1 atom stereocenters. The van der Waals surface area contributed by atoms with Gasteiger partial charge in [0.25, 0.3) is 0 Å². The molecule has 5 rings (SSSR count). The van der Waals surface area contributed by atoms with Crippen LogP contribution in [-0.2, 0) is 16.0 Å². The van der Waals surface area contributed by atoms with E-state index in [9.17, 15) is 14.4 Å². The van der Waals surface area contributed by atoms with Gasteiger partial charge < -0.3 is 25.9 Å². The molecule has 1 aromatic carbocycles. The second-order valence-corrected chi connectivity index (χ2v) is 10.1. The molecule has 12 heteroatoms. The lowest BCUT2D eigenvalue weighted by Gasteiger charge is -2.35. The molecule has 204 valence electrons. The summed E-state index contributed by atoms with van der Waals surface area (Å²) in [5.74, 6) is -0.527. The molecule has 1 aliphatic heterocycles. The van der Waals surface area contributed by atoms with Crippen molar-refractivity contribution in [1.29, 1.82) is 0 Å². The van der Waals surface area contributed by atoms with Crippen LogP contribution in [0.4, 0.5) is 0 Å². The second-order valence-electron chi connectivity index (χ2n) is 10.1. The number of aromatic amines is 2. The van der Waals surface area contributed by atoms with Crippen LogP contribution in [0.5, 0.6) is 0 Å². The number of aromatic nitrogens is 4. The second kappa shape index (κ2) is 11.6. The smallest absolute Gasteiger partial charge is 0.326 e. The zero-order chi connectivity index (χ0) is 25.4. The number of imidazole rings is 1. The molecule has 2 amide bonds. The van der Waals surface area contributed by atoms with Crippen molar-refractivity contribution < 1.29 is 9.59 Å². The third kappa shape index (κ3) is 5.72. The Hall–Kier alpha value is -3.34. The van der Waals surface area contributed by atoms with Gasteiger partial charge >= 0.3 is 5.69 Å². The van der Waals surface area contributed by atoms with Crippen LogP contribution >= 0.6 is 24.8 Å². The molecule has 1 unspecified atom stereocenters. The third-order valence-electron chi connectivity index (χ3n) is 6.95. The standard InChI is InChI=1S/C26H31N7O3.2ClH/c1-26(2,27)24(35)30-20(13-16-14-29-19-6-4-3-5-18(16)19)23(34)32-11-8-17(9-12-32)33-22-7-10-28-15-21(22)31-25(33)36;;/h3-7,10,14-15,17,20,29H,8-9,11-13,27H2,1-2H3,(H,30,35)(H,31,36);2*1H. The maximum atomic E-state index is 13.7. The zero-order valence-electron chi connectivity index (χ0n) is 21.3. The number of carbonyl (C=O) groups is 2. The molecule has 38 heavy (non-hydrogen) atoms. The van der Waals surface area contributed by atoms with Gasteiger partial charge in [-0.3, -0.25) is 19.1 Å². The normalized spacial score (nSPS) is 15.1. The number of piperidine rings is 1. The largest absolute Gasteiger partial charge is 0.361 e. The van der Waals surface area contributed by atoms with Crippen LogP contribution in [0.25, 0.3) is 21.9 Å². The summed E-state index contributed by atoms with van der Waals surface area (Å²) in [7, 11) is 0. The number of hydrogen-bond acceptors (Lipinski definition) is 5. The molecule has 1 aliphatic rings. The van der Waals surface area contributed by atoms with Crippen LogP contribution in [-0.4, -0.2) is 60.9 Å². The summed E-state index contributed by atoms with van der Waals surface area (Å²) >= 11 is 0. The fourth-order valence-electron chi connectivity index (χ4n) is 4.97. The van der Waals surface area contributed by atoms with E-state index in [0.717, 1.165) is 22.0 Å². The minimum Gasteiger partial charge on any atom is -0.361 e. The first kappa shape index (κ1) is 29.2. The predicted molar refractivity (Wildman–Crippen MR) is 152 cm³/mol. The van der Waals surface area contributed by atoms with Crippen molar-refractivity contribution in [1.82, 2.24) is 29.7 Å². The maximum Gasteiger partial charge on any atom is 0.326 e. The van der Waals surface area contributed by atoms with Crippen LogP contribution in [0, 0.1) is 0 Å². The number of hydrogen-bond donors (Lipinski definition) is 4. The highest BCUT2D eigenvalue weighted by molar-refractivity contribution is 5.92. The highest BCUT2D eigenvalue weighted by atomic mass is 35.5. The minimum absolute atomic E-state index is 0. The van der Waals surface area contributed by atoms with Crippen LogP contribution < -0.4 is 16.7 Å². The zero-order valence-corrected chi connectivity index (χ0v) is 22.9. The summed E-state index contributed by atoms with van der Waals surface area (Å²) in [6, 6.07) is 8.92. The SMILES string of the molecule is CC(C)(N)C(=O)NC(Cc1c[nH]c2ccccc12)C(=O)N1CCC(n2c(=O)[nH]c3cnccc32)CC1.Cl.Cl. The molecular weight excluding hydrogens is 529 g/mol. The number of benzene rings is 1. The van der Waals surface area contributed by atoms with E-state index >= 15 is 0 Å². The molecule has 0 saturated carbocycles.